The lowest BCUT2D eigenvalue weighted by atomic mass is 10.1. The summed E-state index contributed by atoms with van der Waals surface area (Å²) in [5, 5.41) is 9.01. The first-order chi connectivity index (χ1) is 7.17. The summed E-state index contributed by atoms with van der Waals surface area (Å²) in [6, 6.07) is 0.388. The fraction of sp³-hybridized carbons (Fsp3) is 0.900. The van der Waals surface area contributed by atoms with Crippen molar-refractivity contribution in [2.24, 2.45) is 11.8 Å². The molecule has 1 aliphatic rings. The second-order valence-electron chi connectivity index (χ2n) is 4.29. The Balaban J connectivity index is 2.23. The maximum absolute atomic E-state index is 11.0. The van der Waals surface area contributed by atoms with Crippen LogP contribution in [0.25, 0.3) is 0 Å². The summed E-state index contributed by atoms with van der Waals surface area (Å²) < 4.78 is 0. The zero-order valence-electron chi connectivity index (χ0n) is 9.28. The van der Waals surface area contributed by atoms with Gasteiger partial charge in [0.05, 0.1) is 0 Å². The van der Waals surface area contributed by atoms with E-state index >= 15 is 0 Å². The second kappa shape index (κ2) is 6.05. The third-order valence-corrected chi connectivity index (χ3v) is 3.15. The molecule has 5 heteroatoms. The molecule has 1 rings (SSSR count). The molecule has 0 aromatic rings. The highest BCUT2D eigenvalue weighted by atomic mass is 16.3. The first-order valence-electron chi connectivity index (χ1n) is 5.51. The van der Waals surface area contributed by atoms with Crippen LogP contribution in [0.1, 0.15) is 26.2 Å². The SMILES string of the molecule is CC(CCC(=O)NN)N1CCC(CO)C1. The number of rotatable bonds is 5. The molecule has 4 N–H and O–H groups in total. The number of nitrogens with zero attached hydrogens (tertiary/aromatic N) is 1. The maximum atomic E-state index is 11.0. The van der Waals surface area contributed by atoms with Crippen LogP contribution in [0.2, 0.25) is 0 Å². The van der Waals surface area contributed by atoms with Crippen LogP contribution in [0.5, 0.6) is 0 Å². The smallest absolute Gasteiger partial charge is 0.233 e. The number of nitrogens with two attached hydrogens (primary N) is 1. The van der Waals surface area contributed by atoms with Gasteiger partial charge in [0.1, 0.15) is 0 Å². The van der Waals surface area contributed by atoms with Crippen LogP contribution in [-0.2, 0) is 4.79 Å². The molecule has 1 fully saturated rings. The fourth-order valence-corrected chi connectivity index (χ4v) is 2.01. The fourth-order valence-electron chi connectivity index (χ4n) is 2.01. The molecule has 0 saturated carbocycles. The van der Waals surface area contributed by atoms with E-state index in [0.29, 0.717) is 18.4 Å². The normalized spacial score (nSPS) is 24.1. The number of amides is 1. The van der Waals surface area contributed by atoms with Crippen molar-refractivity contribution in [2.75, 3.05) is 19.7 Å². The molecule has 0 aliphatic carbocycles. The molecule has 0 aromatic heterocycles. The van der Waals surface area contributed by atoms with Gasteiger partial charge in [-0.25, -0.2) is 5.84 Å². The van der Waals surface area contributed by atoms with Gasteiger partial charge in [-0.2, -0.15) is 0 Å². The van der Waals surface area contributed by atoms with Crippen LogP contribution < -0.4 is 11.3 Å². The van der Waals surface area contributed by atoms with Gasteiger partial charge in [0.15, 0.2) is 0 Å². The molecule has 1 saturated heterocycles. The molecule has 1 amide bonds. The van der Waals surface area contributed by atoms with Crippen molar-refractivity contribution in [1.82, 2.24) is 10.3 Å². The third kappa shape index (κ3) is 3.77. The van der Waals surface area contributed by atoms with Crippen LogP contribution >= 0.6 is 0 Å². The summed E-state index contributed by atoms with van der Waals surface area (Å²) in [6.07, 6.45) is 2.35. The number of hydrogen-bond acceptors (Lipinski definition) is 4. The van der Waals surface area contributed by atoms with Crippen molar-refractivity contribution in [1.29, 1.82) is 0 Å². The van der Waals surface area contributed by atoms with Gasteiger partial charge in [-0.15, -0.1) is 0 Å². The Morgan fingerprint density at radius 3 is 3.00 bits per heavy atom. The van der Waals surface area contributed by atoms with Crippen LogP contribution in [0.4, 0.5) is 0 Å². The van der Waals surface area contributed by atoms with Gasteiger partial charge in [-0.1, -0.05) is 0 Å². The summed E-state index contributed by atoms with van der Waals surface area (Å²) >= 11 is 0. The predicted octanol–water partition coefficient (Wildman–Crippen LogP) is -0.541. The quantitative estimate of drug-likeness (QED) is 0.327. The third-order valence-electron chi connectivity index (χ3n) is 3.15. The standard InChI is InChI=1S/C10H21N3O2/c1-8(2-3-10(15)12-11)13-5-4-9(6-13)7-14/h8-9,14H,2-7,11H2,1H3,(H,12,15). The van der Waals surface area contributed by atoms with Gasteiger partial charge < -0.3 is 10.0 Å². The number of carbonyl (C=O) groups is 1. The van der Waals surface area contributed by atoms with E-state index < -0.39 is 0 Å². The average molecular weight is 215 g/mol. The molecule has 15 heavy (non-hydrogen) atoms. The molecular weight excluding hydrogens is 194 g/mol. The molecule has 2 unspecified atom stereocenters. The molecule has 0 bridgehead atoms. The zero-order chi connectivity index (χ0) is 11.3. The molecule has 1 aliphatic heterocycles. The summed E-state index contributed by atoms with van der Waals surface area (Å²) in [4.78, 5) is 13.3. The van der Waals surface area contributed by atoms with Gasteiger partial charge in [0.25, 0.3) is 0 Å². The van der Waals surface area contributed by atoms with Crippen molar-refractivity contribution >= 4 is 5.91 Å². The largest absolute Gasteiger partial charge is 0.396 e. The monoisotopic (exact) mass is 215 g/mol. The summed E-state index contributed by atoms with van der Waals surface area (Å²) in [6.45, 7) is 4.36. The van der Waals surface area contributed by atoms with Crippen LogP contribution in [0, 0.1) is 5.92 Å². The minimum Gasteiger partial charge on any atom is -0.396 e. The Morgan fingerprint density at radius 2 is 2.47 bits per heavy atom. The number of nitrogens with one attached hydrogen (secondary N) is 1. The minimum absolute atomic E-state index is 0.111. The molecule has 88 valence electrons. The van der Waals surface area contributed by atoms with Gasteiger partial charge in [0.2, 0.25) is 5.91 Å². The first kappa shape index (κ1) is 12.4. The molecule has 5 nitrogen and oxygen atoms in total. The second-order valence-corrected chi connectivity index (χ2v) is 4.29. The van der Waals surface area contributed by atoms with Crippen molar-refractivity contribution in [2.45, 2.75) is 32.2 Å². The summed E-state index contributed by atoms with van der Waals surface area (Å²) in [5.74, 6) is 5.31. The highest BCUT2D eigenvalue weighted by molar-refractivity contribution is 5.75. The molecule has 0 radical (unpaired) electrons. The lowest BCUT2D eigenvalue weighted by molar-refractivity contribution is -0.121. The average Bonchev–Trinajstić information content (AvgIpc) is 2.73. The summed E-state index contributed by atoms with van der Waals surface area (Å²) in [5.41, 5.74) is 2.13. The van der Waals surface area contributed by atoms with Crippen LogP contribution in [0.3, 0.4) is 0 Å². The number of aliphatic hydroxyl groups is 1. The molecule has 0 aromatic carbocycles. The Morgan fingerprint density at radius 1 is 1.73 bits per heavy atom. The predicted molar refractivity (Wildman–Crippen MR) is 57.8 cm³/mol. The number of hydrazine groups is 1. The van der Waals surface area contributed by atoms with Gasteiger partial charge in [0, 0.05) is 25.6 Å². The Bertz CT molecular complexity index is 211. The lowest BCUT2D eigenvalue weighted by Crippen LogP contribution is -2.34. The van der Waals surface area contributed by atoms with Crippen molar-refractivity contribution in [3.63, 3.8) is 0 Å². The van der Waals surface area contributed by atoms with E-state index in [9.17, 15) is 4.79 Å². The first-order valence-corrected chi connectivity index (χ1v) is 5.51. The highest BCUT2D eigenvalue weighted by Gasteiger charge is 2.25. The van der Waals surface area contributed by atoms with Crippen molar-refractivity contribution in [3.8, 4) is 0 Å². The van der Waals surface area contributed by atoms with Crippen molar-refractivity contribution < 1.29 is 9.90 Å². The number of hydrogen-bond donors (Lipinski definition) is 3. The van der Waals surface area contributed by atoms with E-state index in [4.69, 9.17) is 10.9 Å². The Kier molecular flexibility index (Phi) is 5.01. The van der Waals surface area contributed by atoms with E-state index in [1.54, 1.807) is 0 Å². The molecular formula is C10H21N3O2. The molecule has 1 heterocycles. The van der Waals surface area contributed by atoms with E-state index in [1.807, 2.05) is 0 Å². The van der Waals surface area contributed by atoms with E-state index in [-0.39, 0.29) is 12.5 Å². The number of carbonyl (C=O) groups excluding carboxylic acids is 1. The van der Waals surface area contributed by atoms with Crippen molar-refractivity contribution in [3.05, 3.63) is 0 Å². The van der Waals surface area contributed by atoms with Gasteiger partial charge >= 0.3 is 0 Å². The lowest BCUT2D eigenvalue weighted by Gasteiger charge is -2.23. The number of aliphatic hydroxyl groups excluding tert-OH is 1. The molecule has 0 spiro atoms. The van der Waals surface area contributed by atoms with E-state index in [1.165, 1.54) is 0 Å². The topological polar surface area (TPSA) is 78.6 Å². The van der Waals surface area contributed by atoms with Gasteiger partial charge in [-0.3, -0.25) is 10.2 Å². The Labute approximate surface area is 90.6 Å². The van der Waals surface area contributed by atoms with E-state index in [0.717, 1.165) is 25.9 Å². The summed E-state index contributed by atoms with van der Waals surface area (Å²) in [7, 11) is 0. The molecule has 2 atom stereocenters. The maximum Gasteiger partial charge on any atom is 0.233 e. The number of likely N-dealkylation sites (tertiary alicyclic amines) is 1. The van der Waals surface area contributed by atoms with Crippen LogP contribution in [0.15, 0.2) is 0 Å². The highest BCUT2D eigenvalue weighted by Crippen LogP contribution is 2.19. The van der Waals surface area contributed by atoms with Gasteiger partial charge in [-0.05, 0) is 32.2 Å². The minimum atomic E-state index is -0.111. The zero-order valence-corrected chi connectivity index (χ0v) is 9.28. The van der Waals surface area contributed by atoms with Crippen LogP contribution in [-0.4, -0.2) is 41.7 Å². The Hall–Kier alpha value is -0.650. The van der Waals surface area contributed by atoms with E-state index in [2.05, 4.69) is 17.2 Å².